The number of carbonyl (C=O) groups is 1. The normalized spacial score (nSPS) is 8.57. The predicted molar refractivity (Wildman–Crippen MR) is 58.9 cm³/mol. The van der Waals surface area contributed by atoms with Gasteiger partial charge in [0.25, 0.3) is 0 Å². The van der Waals surface area contributed by atoms with Crippen molar-refractivity contribution in [3.05, 3.63) is 0 Å². The van der Waals surface area contributed by atoms with Gasteiger partial charge in [0.15, 0.2) is 6.61 Å². The van der Waals surface area contributed by atoms with E-state index in [-0.39, 0.29) is 12.6 Å². The molecule has 0 heterocycles. The summed E-state index contributed by atoms with van der Waals surface area (Å²) in [6.07, 6.45) is 4.75. The standard InChI is InChI=1S/C6H15N.C5H6O2/c1-4-7(5-2)6-3;1-3-4-7-5(2)6/h4-6H2,1-3H3;1H,4H2,2H3. The van der Waals surface area contributed by atoms with Crippen molar-refractivity contribution in [2.24, 2.45) is 0 Å². The zero-order valence-electron chi connectivity index (χ0n) is 9.67. The van der Waals surface area contributed by atoms with Gasteiger partial charge in [0.05, 0.1) is 0 Å². The molecule has 0 aromatic heterocycles. The fourth-order valence-electron chi connectivity index (χ4n) is 0.814. The molecule has 0 atom stereocenters. The Morgan fingerprint density at radius 1 is 1.29 bits per heavy atom. The Balaban J connectivity index is 0. The van der Waals surface area contributed by atoms with Crippen LogP contribution in [0.1, 0.15) is 27.7 Å². The highest BCUT2D eigenvalue weighted by atomic mass is 16.5. The van der Waals surface area contributed by atoms with Crippen molar-refractivity contribution in [1.29, 1.82) is 0 Å². The third-order valence-corrected chi connectivity index (χ3v) is 1.70. The quantitative estimate of drug-likeness (QED) is 0.508. The van der Waals surface area contributed by atoms with Crippen molar-refractivity contribution < 1.29 is 9.53 Å². The molecule has 0 aliphatic heterocycles. The topological polar surface area (TPSA) is 29.5 Å². The number of hydrogen-bond donors (Lipinski definition) is 0. The average molecular weight is 199 g/mol. The summed E-state index contributed by atoms with van der Waals surface area (Å²) in [4.78, 5) is 12.3. The summed E-state index contributed by atoms with van der Waals surface area (Å²) in [5, 5.41) is 0. The van der Waals surface area contributed by atoms with Gasteiger partial charge < -0.3 is 9.64 Å². The summed E-state index contributed by atoms with van der Waals surface area (Å²) in [7, 11) is 0. The molecule has 3 nitrogen and oxygen atoms in total. The Morgan fingerprint density at radius 3 is 1.79 bits per heavy atom. The maximum Gasteiger partial charge on any atom is 0.303 e. The van der Waals surface area contributed by atoms with E-state index in [1.807, 2.05) is 0 Å². The van der Waals surface area contributed by atoms with Crippen LogP contribution in [0.4, 0.5) is 0 Å². The summed E-state index contributed by atoms with van der Waals surface area (Å²) in [6, 6.07) is 0. The van der Waals surface area contributed by atoms with Gasteiger partial charge in [-0.25, -0.2) is 0 Å². The lowest BCUT2D eigenvalue weighted by atomic mass is 10.5. The molecular formula is C11H21NO2. The summed E-state index contributed by atoms with van der Waals surface area (Å²) < 4.78 is 4.32. The molecule has 0 fully saturated rings. The van der Waals surface area contributed by atoms with Gasteiger partial charge in [0.1, 0.15) is 0 Å². The van der Waals surface area contributed by atoms with Crippen molar-refractivity contribution >= 4 is 5.97 Å². The number of carbonyl (C=O) groups excluding carboxylic acids is 1. The molecular weight excluding hydrogens is 178 g/mol. The first kappa shape index (κ1) is 15.5. The summed E-state index contributed by atoms with van der Waals surface area (Å²) in [5.41, 5.74) is 0. The number of terminal acetylenes is 1. The highest BCUT2D eigenvalue weighted by molar-refractivity contribution is 5.66. The number of hydrogen-bond acceptors (Lipinski definition) is 3. The van der Waals surface area contributed by atoms with Crippen LogP contribution in [0, 0.1) is 12.3 Å². The second-order valence-electron chi connectivity index (χ2n) is 2.60. The van der Waals surface area contributed by atoms with E-state index in [9.17, 15) is 4.79 Å². The van der Waals surface area contributed by atoms with Gasteiger partial charge in [0.2, 0.25) is 0 Å². The number of nitrogens with zero attached hydrogens (tertiary/aromatic N) is 1. The molecule has 0 amide bonds. The van der Waals surface area contributed by atoms with E-state index < -0.39 is 0 Å². The van der Waals surface area contributed by atoms with Gasteiger partial charge in [0, 0.05) is 6.92 Å². The maximum absolute atomic E-state index is 9.88. The second-order valence-corrected chi connectivity index (χ2v) is 2.60. The SMILES string of the molecule is C#CCOC(C)=O.CCN(CC)CC. The summed E-state index contributed by atoms with van der Waals surface area (Å²) in [6.45, 7) is 11.5. The molecule has 0 aliphatic rings. The number of rotatable bonds is 4. The Labute approximate surface area is 87.4 Å². The minimum absolute atomic E-state index is 0.0787. The Bertz CT molecular complexity index is 163. The highest BCUT2D eigenvalue weighted by Crippen LogP contribution is 1.81. The van der Waals surface area contributed by atoms with Crippen LogP contribution in [0.5, 0.6) is 0 Å². The molecule has 0 bridgehead atoms. The molecule has 0 spiro atoms. The van der Waals surface area contributed by atoms with E-state index in [2.05, 4.69) is 36.3 Å². The second kappa shape index (κ2) is 12.0. The van der Waals surface area contributed by atoms with Crippen LogP contribution in [-0.4, -0.2) is 37.1 Å². The Kier molecular flexibility index (Phi) is 13.2. The van der Waals surface area contributed by atoms with Gasteiger partial charge in [-0.1, -0.05) is 26.7 Å². The van der Waals surface area contributed by atoms with Gasteiger partial charge in [-0.2, -0.15) is 0 Å². The summed E-state index contributed by atoms with van der Waals surface area (Å²) in [5.74, 6) is 1.82. The lowest BCUT2D eigenvalue weighted by molar-refractivity contribution is -0.139. The molecule has 0 aliphatic carbocycles. The van der Waals surface area contributed by atoms with Gasteiger partial charge in [-0.15, -0.1) is 6.42 Å². The molecule has 0 rings (SSSR count). The minimum Gasteiger partial charge on any atom is -0.453 e. The van der Waals surface area contributed by atoms with Gasteiger partial charge in [-0.3, -0.25) is 4.79 Å². The van der Waals surface area contributed by atoms with Gasteiger partial charge in [-0.05, 0) is 19.6 Å². The van der Waals surface area contributed by atoms with Crippen molar-refractivity contribution in [2.75, 3.05) is 26.2 Å². The molecule has 0 aromatic rings. The molecule has 0 saturated carbocycles. The van der Waals surface area contributed by atoms with E-state index in [0.717, 1.165) is 0 Å². The smallest absolute Gasteiger partial charge is 0.303 e. The first-order chi connectivity index (χ1) is 6.62. The fraction of sp³-hybridized carbons (Fsp3) is 0.727. The maximum atomic E-state index is 9.88. The predicted octanol–water partition coefficient (Wildman–Crippen LogP) is 1.53. The van der Waals surface area contributed by atoms with Crippen molar-refractivity contribution in [1.82, 2.24) is 4.90 Å². The van der Waals surface area contributed by atoms with Crippen LogP contribution in [-0.2, 0) is 9.53 Å². The van der Waals surface area contributed by atoms with Gasteiger partial charge >= 0.3 is 5.97 Å². The van der Waals surface area contributed by atoms with E-state index in [1.165, 1.54) is 26.6 Å². The minimum atomic E-state index is -0.335. The molecule has 0 saturated heterocycles. The highest BCUT2D eigenvalue weighted by Gasteiger charge is 1.89. The lowest BCUT2D eigenvalue weighted by Crippen LogP contribution is -2.21. The van der Waals surface area contributed by atoms with Crippen molar-refractivity contribution in [3.63, 3.8) is 0 Å². The van der Waals surface area contributed by atoms with E-state index >= 15 is 0 Å². The number of esters is 1. The largest absolute Gasteiger partial charge is 0.453 e. The Hall–Kier alpha value is -1.01. The first-order valence-electron chi connectivity index (χ1n) is 4.91. The molecule has 0 radical (unpaired) electrons. The van der Waals surface area contributed by atoms with E-state index in [4.69, 9.17) is 6.42 Å². The van der Waals surface area contributed by atoms with Crippen LogP contribution >= 0.6 is 0 Å². The monoisotopic (exact) mass is 199 g/mol. The zero-order valence-corrected chi connectivity index (χ0v) is 9.67. The van der Waals surface area contributed by atoms with Crippen molar-refractivity contribution in [2.45, 2.75) is 27.7 Å². The number of ether oxygens (including phenoxy) is 1. The first-order valence-corrected chi connectivity index (χ1v) is 4.91. The van der Waals surface area contributed by atoms with Crippen LogP contribution in [0.15, 0.2) is 0 Å². The average Bonchev–Trinajstić information content (AvgIpc) is 2.18. The van der Waals surface area contributed by atoms with Crippen LogP contribution < -0.4 is 0 Å². The third kappa shape index (κ3) is 13.6. The zero-order chi connectivity index (χ0) is 11.4. The summed E-state index contributed by atoms with van der Waals surface area (Å²) >= 11 is 0. The van der Waals surface area contributed by atoms with E-state index in [1.54, 1.807) is 0 Å². The lowest BCUT2D eigenvalue weighted by Gasteiger charge is -2.13. The van der Waals surface area contributed by atoms with Crippen LogP contribution in [0.3, 0.4) is 0 Å². The molecule has 82 valence electrons. The molecule has 14 heavy (non-hydrogen) atoms. The molecule has 0 unspecified atom stereocenters. The van der Waals surface area contributed by atoms with Crippen LogP contribution in [0.2, 0.25) is 0 Å². The van der Waals surface area contributed by atoms with E-state index in [0.29, 0.717) is 0 Å². The Morgan fingerprint density at radius 2 is 1.71 bits per heavy atom. The molecule has 0 N–H and O–H groups in total. The molecule has 0 aromatic carbocycles. The van der Waals surface area contributed by atoms with Crippen LogP contribution in [0.25, 0.3) is 0 Å². The molecule has 3 heteroatoms. The van der Waals surface area contributed by atoms with Crippen molar-refractivity contribution in [3.8, 4) is 12.3 Å². The third-order valence-electron chi connectivity index (χ3n) is 1.70. The fourth-order valence-corrected chi connectivity index (χ4v) is 0.814.